The van der Waals surface area contributed by atoms with E-state index in [9.17, 15) is 4.79 Å². The molecule has 1 aliphatic rings. The summed E-state index contributed by atoms with van der Waals surface area (Å²) in [7, 11) is 0. The predicted octanol–water partition coefficient (Wildman–Crippen LogP) is 3.99. The molecule has 112 valence electrons. The molecule has 1 aromatic rings. The molecule has 0 amide bonds. The number of esters is 1. The molecule has 0 spiro atoms. The normalized spacial score (nSPS) is 21.8. The smallest absolute Gasteiger partial charge is 0.321 e. The standard InChI is InChI=1S/C18H23NO2/c1-6-21-16(20)18(5)12-14(17(2,3)4)19-15(18)13-10-8-7-9-11-13/h7-12H,6H2,1-5H3. The molecule has 0 N–H and O–H groups in total. The van der Waals surface area contributed by atoms with Crippen LogP contribution in [-0.2, 0) is 9.53 Å². The van der Waals surface area contributed by atoms with Gasteiger partial charge in [0.2, 0.25) is 0 Å². The third-order valence-corrected chi connectivity index (χ3v) is 3.66. The first-order valence-corrected chi connectivity index (χ1v) is 7.34. The van der Waals surface area contributed by atoms with E-state index in [1.807, 2.05) is 50.3 Å². The fraction of sp³-hybridized carbons (Fsp3) is 0.444. The number of aliphatic imine (C=N–C) groups is 1. The van der Waals surface area contributed by atoms with Gasteiger partial charge in [-0.3, -0.25) is 9.79 Å². The summed E-state index contributed by atoms with van der Waals surface area (Å²) in [5.74, 6) is -0.244. The molecule has 2 rings (SSSR count). The van der Waals surface area contributed by atoms with Crippen molar-refractivity contribution in [3.8, 4) is 0 Å². The van der Waals surface area contributed by atoms with Crippen LogP contribution in [0.1, 0.15) is 40.2 Å². The van der Waals surface area contributed by atoms with Crippen LogP contribution in [-0.4, -0.2) is 18.3 Å². The highest BCUT2D eigenvalue weighted by Gasteiger charge is 2.44. The molecule has 0 radical (unpaired) electrons. The molecule has 1 aromatic carbocycles. The van der Waals surface area contributed by atoms with E-state index >= 15 is 0 Å². The van der Waals surface area contributed by atoms with Crippen LogP contribution < -0.4 is 0 Å². The summed E-state index contributed by atoms with van der Waals surface area (Å²) in [6.07, 6.45) is 1.95. The number of hydrogen-bond donors (Lipinski definition) is 0. The fourth-order valence-corrected chi connectivity index (χ4v) is 2.39. The van der Waals surface area contributed by atoms with E-state index < -0.39 is 5.41 Å². The number of hydrogen-bond acceptors (Lipinski definition) is 3. The second kappa shape index (κ2) is 5.47. The van der Waals surface area contributed by atoms with Crippen LogP contribution >= 0.6 is 0 Å². The highest BCUT2D eigenvalue weighted by Crippen LogP contribution is 2.40. The molecule has 3 nitrogen and oxygen atoms in total. The Hall–Kier alpha value is -1.90. The van der Waals surface area contributed by atoms with Gasteiger partial charge in [-0.1, -0.05) is 51.1 Å². The minimum Gasteiger partial charge on any atom is -0.465 e. The predicted molar refractivity (Wildman–Crippen MR) is 85.3 cm³/mol. The van der Waals surface area contributed by atoms with Crippen LogP contribution in [0.5, 0.6) is 0 Å². The van der Waals surface area contributed by atoms with Crippen LogP contribution in [0.3, 0.4) is 0 Å². The number of allylic oxidation sites excluding steroid dienone is 1. The SMILES string of the molecule is CCOC(=O)C1(C)C=C(C(C)(C)C)N=C1c1ccccc1. The van der Waals surface area contributed by atoms with Crippen molar-refractivity contribution < 1.29 is 9.53 Å². The lowest BCUT2D eigenvalue weighted by atomic mass is 9.81. The van der Waals surface area contributed by atoms with E-state index in [0.29, 0.717) is 6.61 Å². The second-order valence-electron chi connectivity index (χ2n) is 6.53. The Morgan fingerprint density at radius 3 is 2.38 bits per heavy atom. The van der Waals surface area contributed by atoms with E-state index in [-0.39, 0.29) is 11.4 Å². The summed E-state index contributed by atoms with van der Waals surface area (Å²) in [4.78, 5) is 17.2. The summed E-state index contributed by atoms with van der Waals surface area (Å²) in [6, 6.07) is 9.83. The van der Waals surface area contributed by atoms with Gasteiger partial charge in [0, 0.05) is 11.1 Å². The zero-order chi connectivity index (χ0) is 15.7. The first kappa shape index (κ1) is 15.5. The first-order chi connectivity index (χ1) is 9.79. The molecule has 0 saturated heterocycles. The van der Waals surface area contributed by atoms with Crippen molar-refractivity contribution in [1.82, 2.24) is 0 Å². The average Bonchev–Trinajstić information content (AvgIpc) is 2.79. The molecule has 1 heterocycles. The maximum atomic E-state index is 12.5. The van der Waals surface area contributed by atoms with Gasteiger partial charge in [0.1, 0.15) is 5.41 Å². The van der Waals surface area contributed by atoms with Gasteiger partial charge < -0.3 is 4.74 Å². The summed E-state index contributed by atoms with van der Waals surface area (Å²) in [5.41, 5.74) is 1.73. The Labute approximate surface area is 126 Å². The Morgan fingerprint density at radius 2 is 1.86 bits per heavy atom. The maximum Gasteiger partial charge on any atom is 0.321 e. The molecule has 3 heteroatoms. The highest BCUT2D eigenvalue weighted by atomic mass is 16.5. The molecule has 0 fully saturated rings. The lowest BCUT2D eigenvalue weighted by Crippen LogP contribution is -2.35. The number of carbonyl (C=O) groups is 1. The largest absolute Gasteiger partial charge is 0.465 e. The van der Waals surface area contributed by atoms with Crippen molar-refractivity contribution in [1.29, 1.82) is 0 Å². The van der Waals surface area contributed by atoms with E-state index in [4.69, 9.17) is 9.73 Å². The third kappa shape index (κ3) is 2.92. The minimum atomic E-state index is -0.819. The number of carbonyl (C=O) groups excluding carboxylic acids is 1. The van der Waals surface area contributed by atoms with Crippen LogP contribution in [0.2, 0.25) is 0 Å². The van der Waals surface area contributed by atoms with Gasteiger partial charge in [-0.2, -0.15) is 0 Å². The highest BCUT2D eigenvalue weighted by molar-refractivity contribution is 6.18. The van der Waals surface area contributed by atoms with Gasteiger partial charge in [0.25, 0.3) is 0 Å². The Bertz CT molecular complexity index is 593. The zero-order valence-electron chi connectivity index (χ0n) is 13.4. The summed E-state index contributed by atoms with van der Waals surface area (Å²) in [5, 5.41) is 0. The van der Waals surface area contributed by atoms with Gasteiger partial charge in [-0.25, -0.2) is 0 Å². The maximum absolute atomic E-state index is 12.5. The molecule has 1 unspecified atom stereocenters. The van der Waals surface area contributed by atoms with Crippen LogP contribution in [0.4, 0.5) is 0 Å². The molecule has 1 aliphatic heterocycles. The average molecular weight is 285 g/mol. The van der Waals surface area contributed by atoms with E-state index in [1.165, 1.54) is 0 Å². The zero-order valence-corrected chi connectivity index (χ0v) is 13.4. The molecule has 21 heavy (non-hydrogen) atoms. The van der Waals surface area contributed by atoms with E-state index in [2.05, 4.69) is 20.8 Å². The number of ether oxygens (including phenoxy) is 1. The summed E-state index contributed by atoms with van der Waals surface area (Å²) < 4.78 is 5.28. The number of benzene rings is 1. The number of rotatable bonds is 3. The minimum absolute atomic E-state index is 0.107. The molecular formula is C18H23NO2. The van der Waals surface area contributed by atoms with Crippen molar-refractivity contribution in [3.05, 3.63) is 47.7 Å². The summed E-state index contributed by atoms with van der Waals surface area (Å²) in [6.45, 7) is 10.4. The molecule has 0 aromatic heterocycles. The van der Waals surface area contributed by atoms with Gasteiger partial charge >= 0.3 is 5.97 Å². The lowest BCUT2D eigenvalue weighted by Gasteiger charge is -2.22. The Kier molecular flexibility index (Phi) is 4.04. The molecular weight excluding hydrogens is 262 g/mol. The topological polar surface area (TPSA) is 38.7 Å². The van der Waals surface area contributed by atoms with Crippen LogP contribution in [0.15, 0.2) is 47.1 Å². The lowest BCUT2D eigenvalue weighted by molar-refractivity contribution is -0.148. The van der Waals surface area contributed by atoms with E-state index in [0.717, 1.165) is 17.0 Å². The van der Waals surface area contributed by atoms with Crippen LogP contribution in [0, 0.1) is 10.8 Å². The van der Waals surface area contributed by atoms with Crippen molar-refractivity contribution in [2.45, 2.75) is 34.6 Å². The molecule has 0 bridgehead atoms. The molecule has 1 atom stereocenters. The Morgan fingerprint density at radius 1 is 1.24 bits per heavy atom. The third-order valence-electron chi connectivity index (χ3n) is 3.66. The van der Waals surface area contributed by atoms with Crippen LogP contribution in [0.25, 0.3) is 0 Å². The molecule has 0 saturated carbocycles. The first-order valence-electron chi connectivity index (χ1n) is 7.34. The van der Waals surface area contributed by atoms with Crippen molar-refractivity contribution >= 4 is 11.7 Å². The quantitative estimate of drug-likeness (QED) is 0.788. The van der Waals surface area contributed by atoms with Gasteiger partial charge in [-0.05, 0) is 25.5 Å². The van der Waals surface area contributed by atoms with Crippen molar-refractivity contribution in [2.24, 2.45) is 15.8 Å². The monoisotopic (exact) mass is 285 g/mol. The van der Waals surface area contributed by atoms with Gasteiger partial charge in [-0.15, -0.1) is 0 Å². The van der Waals surface area contributed by atoms with Crippen molar-refractivity contribution in [3.63, 3.8) is 0 Å². The fourth-order valence-electron chi connectivity index (χ4n) is 2.39. The van der Waals surface area contributed by atoms with Gasteiger partial charge in [0.05, 0.1) is 12.3 Å². The van der Waals surface area contributed by atoms with Crippen molar-refractivity contribution in [2.75, 3.05) is 6.61 Å². The molecule has 0 aliphatic carbocycles. The van der Waals surface area contributed by atoms with E-state index in [1.54, 1.807) is 0 Å². The van der Waals surface area contributed by atoms with Gasteiger partial charge in [0.15, 0.2) is 0 Å². The second-order valence-corrected chi connectivity index (χ2v) is 6.53. The Balaban J connectivity index is 2.53. The summed E-state index contributed by atoms with van der Waals surface area (Å²) >= 11 is 0. The number of nitrogens with zero attached hydrogens (tertiary/aromatic N) is 1.